The number of halogens is 1. The Bertz CT molecular complexity index is 1440. The Morgan fingerprint density at radius 3 is 2.70 bits per heavy atom. The fourth-order valence-corrected chi connectivity index (χ4v) is 4.69. The largest absolute Gasteiger partial charge is 0.376 e. The van der Waals surface area contributed by atoms with Gasteiger partial charge in [0.1, 0.15) is 11.5 Å². The molecular weight excluding hydrogens is 425 g/mol. The number of aromatic nitrogens is 4. The minimum absolute atomic E-state index is 0.0107. The van der Waals surface area contributed by atoms with E-state index in [-0.39, 0.29) is 22.8 Å². The Kier molecular flexibility index (Phi) is 4.41. The summed E-state index contributed by atoms with van der Waals surface area (Å²) in [5.74, 6) is -0.375. The molecule has 166 valence electrons. The quantitative estimate of drug-likeness (QED) is 0.524. The van der Waals surface area contributed by atoms with Gasteiger partial charge in [-0.2, -0.15) is 0 Å². The van der Waals surface area contributed by atoms with Crippen LogP contribution < -0.4 is 5.56 Å². The number of aromatic amines is 1. The van der Waals surface area contributed by atoms with E-state index in [1.54, 1.807) is 36.5 Å². The van der Waals surface area contributed by atoms with Crippen LogP contribution in [0.15, 0.2) is 59.5 Å². The van der Waals surface area contributed by atoms with Crippen LogP contribution in [0.5, 0.6) is 0 Å². The Labute approximate surface area is 187 Å². The Balaban J connectivity index is 1.27. The summed E-state index contributed by atoms with van der Waals surface area (Å²) in [4.78, 5) is 30.2. The van der Waals surface area contributed by atoms with Gasteiger partial charge in [-0.15, -0.1) is 5.10 Å². The number of amides is 1. The summed E-state index contributed by atoms with van der Waals surface area (Å²) in [6.07, 6.45) is 3.61. The van der Waals surface area contributed by atoms with Gasteiger partial charge in [0.05, 0.1) is 36.2 Å². The molecule has 9 heteroatoms. The first-order chi connectivity index (χ1) is 16.0. The summed E-state index contributed by atoms with van der Waals surface area (Å²) < 4.78 is 20.5. The van der Waals surface area contributed by atoms with Gasteiger partial charge in [-0.1, -0.05) is 5.21 Å². The Morgan fingerprint density at radius 2 is 1.94 bits per heavy atom. The molecule has 0 saturated carbocycles. The van der Waals surface area contributed by atoms with Crippen molar-refractivity contribution in [2.24, 2.45) is 0 Å². The van der Waals surface area contributed by atoms with Crippen molar-refractivity contribution in [1.29, 1.82) is 0 Å². The fourth-order valence-electron chi connectivity index (χ4n) is 4.69. The lowest BCUT2D eigenvalue weighted by atomic mass is 9.93. The molecule has 0 radical (unpaired) electrons. The van der Waals surface area contributed by atoms with Gasteiger partial charge in [-0.05, 0) is 61.4 Å². The van der Waals surface area contributed by atoms with Crippen molar-refractivity contribution in [3.05, 3.63) is 76.5 Å². The van der Waals surface area contributed by atoms with E-state index in [0.29, 0.717) is 46.6 Å². The molecule has 0 unspecified atom stereocenters. The molecule has 2 aromatic heterocycles. The molecule has 2 aliphatic heterocycles. The van der Waals surface area contributed by atoms with E-state index >= 15 is 0 Å². The van der Waals surface area contributed by atoms with Gasteiger partial charge in [0.25, 0.3) is 11.5 Å². The molecule has 2 fully saturated rings. The van der Waals surface area contributed by atoms with Gasteiger partial charge in [0.2, 0.25) is 0 Å². The number of pyridine rings is 1. The molecule has 8 nitrogen and oxygen atoms in total. The van der Waals surface area contributed by atoms with Gasteiger partial charge in [0, 0.05) is 23.0 Å². The zero-order valence-electron chi connectivity index (χ0n) is 17.6. The van der Waals surface area contributed by atoms with E-state index in [1.165, 1.54) is 22.9 Å². The average Bonchev–Trinajstić information content (AvgIpc) is 3.46. The summed E-state index contributed by atoms with van der Waals surface area (Å²) in [7, 11) is 0. The number of carbonyl (C=O) groups is 1. The number of H-pyrrole nitrogens is 1. The van der Waals surface area contributed by atoms with Crippen molar-refractivity contribution in [3.8, 4) is 16.9 Å². The molecule has 2 aromatic carbocycles. The van der Waals surface area contributed by atoms with Gasteiger partial charge >= 0.3 is 0 Å². The lowest BCUT2D eigenvalue weighted by Crippen LogP contribution is -2.60. The summed E-state index contributed by atoms with van der Waals surface area (Å²) in [6, 6.07) is 12.9. The van der Waals surface area contributed by atoms with Crippen molar-refractivity contribution in [1.82, 2.24) is 24.9 Å². The van der Waals surface area contributed by atoms with Crippen LogP contribution in [0.3, 0.4) is 0 Å². The number of ether oxygens (including phenoxy) is 1. The van der Waals surface area contributed by atoms with Crippen molar-refractivity contribution in [3.63, 3.8) is 0 Å². The van der Waals surface area contributed by atoms with Gasteiger partial charge in [-0.25, -0.2) is 9.07 Å². The SMILES string of the molecule is O=C(c1ccc(-n2cc(-c3cc4cc(F)ccc4[nH]c3=O)nn2)cc1)N1CCCC12COC2. The van der Waals surface area contributed by atoms with Crippen molar-refractivity contribution in [2.45, 2.75) is 18.4 Å². The van der Waals surface area contributed by atoms with Gasteiger partial charge in [-0.3, -0.25) is 9.59 Å². The minimum atomic E-state index is -0.386. The van der Waals surface area contributed by atoms with E-state index in [1.807, 2.05) is 4.90 Å². The molecule has 2 saturated heterocycles. The topological polar surface area (TPSA) is 93.1 Å². The number of fused-ring (bicyclic) bond motifs is 1. The lowest BCUT2D eigenvalue weighted by Gasteiger charge is -2.45. The lowest BCUT2D eigenvalue weighted by molar-refractivity contribution is -0.109. The average molecular weight is 445 g/mol. The van der Waals surface area contributed by atoms with Crippen molar-refractivity contribution < 1.29 is 13.9 Å². The maximum absolute atomic E-state index is 13.6. The minimum Gasteiger partial charge on any atom is -0.376 e. The number of benzene rings is 2. The van der Waals surface area contributed by atoms with Gasteiger partial charge < -0.3 is 14.6 Å². The molecule has 1 N–H and O–H groups in total. The highest BCUT2D eigenvalue weighted by molar-refractivity contribution is 5.95. The molecule has 4 aromatic rings. The van der Waals surface area contributed by atoms with Crippen LogP contribution in [-0.2, 0) is 4.74 Å². The zero-order chi connectivity index (χ0) is 22.6. The van der Waals surface area contributed by atoms with E-state index in [0.717, 1.165) is 19.4 Å². The predicted octanol–water partition coefficient (Wildman–Crippen LogP) is 2.92. The predicted molar refractivity (Wildman–Crippen MR) is 119 cm³/mol. The van der Waals surface area contributed by atoms with Crippen LogP contribution in [-0.4, -0.2) is 56.1 Å². The number of rotatable bonds is 3. The second kappa shape index (κ2) is 7.35. The molecule has 0 aliphatic carbocycles. The highest BCUT2D eigenvalue weighted by Crippen LogP contribution is 2.36. The first kappa shape index (κ1) is 19.8. The second-order valence-corrected chi connectivity index (χ2v) is 8.62. The van der Waals surface area contributed by atoms with Crippen LogP contribution in [0.1, 0.15) is 23.2 Å². The first-order valence-electron chi connectivity index (χ1n) is 10.8. The first-order valence-corrected chi connectivity index (χ1v) is 10.8. The normalized spacial score (nSPS) is 16.9. The second-order valence-electron chi connectivity index (χ2n) is 8.62. The van der Waals surface area contributed by atoms with E-state index in [2.05, 4.69) is 15.3 Å². The van der Waals surface area contributed by atoms with E-state index in [4.69, 9.17) is 4.74 Å². The van der Waals surface area contributed by atoms with Crippen molar-refractivity contribution >= 4 is 16.8 Å². The third-order valence-corrected chi connectivity index (χ3v) is 6.54. The molecule has 2 aliphatic rings. The maximum atomic E-state index is 13.6. The summed E-state index contributed by atoms with van der Waals surface area (Å²) in [6.45, 7) is 1.97. The molecule has 0 bridgehead atoms. The number of carbonyl (C=O) groups excluding carboxylic acids is 1. The van der Waals surface area contributed by atoms with E-state index in [9.17, 15) is 14.0 Å². The maximum Gasteiger partial charge on any atom is 0.258 e. The number of nitrogens with zero attached hydrogens (tertiary/aromatic N) is 4. The monoisotopic (exact) mass is 445 g/mol. The summed E-state index contributed by atoms with van der Waals surface area (Å²) >= 11 is 0. The molecule has 0 atom stereocenters. The molecule has 33 heavy (non-hydrogen) atoms. The molecule has 6 rings (SSSR count). The van der Waals surface area contributed by atoms with Crippen LogP contribution in [0.25, 0.3) is 27.8 Å². The van der Waals surface area contributed by atoms with Crippen LogP contribution in [0, 0.1) is 5.82 Å². The van der Waals surface area contributed by atoms with Crippen LogP contribution in [0.2, 0.25) is 0 Å². The number of hydrogen-bond donors (Lipinski definition) is 1. The highest BCUT2D eigenvalue weighted by atomic mass is 19.1. The zero-order valence-corrected chi connectivity index (χ0v) is 17.6. The number of likely N-dealkylation sites (tertiary alicyclic amines) is 1. The fraction of sp³-hybridized carbons (Fsp3) is 0.250. The van der Waals surface area contributed by atoms with Crippen molar-refractivity contribution in [2.75, 3.05) is 19.8 Å². The third-order valence-electron chi connectivity index (χ3n) is 6.54. The van der Waals surface area contributed by atoms with E-state index < -0.39 is 0 Å². The molecular formula is C24H20FN5O3. The van der Waals surface area contributed by atoms with Crippen LogP contribution >= 0.6 is 0 Å². The number of hydrogen-bond acceptors (Lipinski definition) is 5. The molecule has 1 amide bonds. The number of nitrogens with one attached hydrogen (secondary N) is 1. The standard InChI is InChI=1S/C24H20FN5O3/c25-17-4-7-20-16(10-17)11-19(22(31)26-20)21-12-30(28-27-21)18-5-2-15(3-6-18)23(32)29-9-1-8-24(29)13-33-14-24/h2-7,10-12H,1,8-9,13-14H2,(H,26,31). The Hall–Kier alpha value is -3.85. The molecule has 1 spiro atoms. The van der Waals surface area contributed by atoms with Gasteiger partial charge in [0.15, 0.2) is 0 Å². The summed E-state index contributed by atoms with van der Waals surface area (Å²) in [5, 5.41) is 8.82. The third kappa shape index (κ3) is 3.23. The smallest absolute Gasteiger partial charge is 0.258 e. The van der Waals surface area contributed by atoms with Crippen LogP contribution in [0.4, 0.5) is 4.39 Å². The summed E-state index contributed by atoms with van der Waals surface area (Å²) in [5.41, 5.74) is 2.07. The molecule has 4 heterocycles. The Morgan fingerprint density at radius 1 is 1.12 bits per heavy atom. The highest BCUT2D eigenvalue weighted by Gasteiger charge is 2.49.